The smallest absolute Gasteiger partial charge is 0.336 e. The molecule has 0 amide bonds. The molecular weight excluding hydrogens is 370 g/mol. The second kappa shape index (κ2) is 6.66. The molecular formula is C23H25NO3S. The van der Waals surface area contributed by atoms with Crippen molar-refractivity contribution < 1.29 is 14.3 Å². The van der Waals surface area contributed by atoms with Crippen LogP contribution in [-0.4, -0.2) is 24.6 Å². The molecule has 2 heterocycles. The van der Waals surface area contributed by atoms with Gasteiger partial charge < -0.3 is 4.74 Å². The van der Waals surface area contributed by atoms with Gasteiger partial charge in [-0.25, -0.2) is 4.79 Å². The van der Waals surface area contributed by atoms with Crippen LogP contribution in [0.25, 0.3) is 10.1 Å². The summed E-state index contributed by atoms with van der Waals surface area (Å²) in [4.78, 5) is 31.8. The van der Waals surface area contributed by atoms with Crippen LogP contribution in [0, 0.1) is 18.3 Å². The molecule has 0 bridgehead atoms. The van der Waals surface area contributed by atoms with Gasteiger partial charge in [-0.2, -0.15) is 0 Å². The van der Waals surface area contributed by atoms with Gasteiger partial charge in [0.2, 0.25) is 0 Å². The van der Waals surface area contributed by atoms with Crippen LogP contribution in [0.5, 0.6) is 0 Å². The zero-order valence-electron chi connectivity index (χ0n) is 17.0. The number of hydrogen-bond donors (Lipinski definition) is 0. The molecule has 28 heavy (non-hydrogen) atoms. The van der Waals surface area contributed by atoms with Gasteiger partial charge in [0.25, 0.3) is 0 Å². The van der Waals surface area contributed by atoms with E-state index in [-0.39, 0.29) is 29.0 Å². The standard InChI is InChI=1S/C23H25NO3S/c1-12-14-8-6-7-9-17(14)28-21(12)20-18(22(26)27-5)13(2)24-15-10-23(3,4)11-16(25)19(15)20/h6-9,19-20H,10-11H2,1-5H3/t19?,20-/m1/s1. The van der Waals surface area contributed by atoms with Gasteiger partial charge in [-0.05, 0) is 42.7 Å². The fourth-order valence-corrected chi connectivity index (χ4v) is 6.10. The quantitative estimate of drug-likeness (QED) is 0.657. The number of allylic oxidation sites excluding steroid dienone is 1. The van der Waals surface area contributed by atoms with E-state index in [0.29, 0.717) is 17.7 Å². The minimum absolute atomic E-state index is 0.102. The molecule has 1 saturated carbocycles. The van der Waals surface area contributed by atoms with Crippen molar-refractivity contribution in [3.05, 3.63) is 46.0 Å². The number of Topliss-reactive ketones (excluding diaryl/α,β-unsaturated/α-hetero) is 1. The molecule has 1 aliphatic carbocycles. The number of methoxy groups -OCH3 is 1. The Balaban J connectivity index is 1.96. The summed E-state index contributed by atoms with van der Waals surface area (Å²) in [6.45, 7) is 8.16. The van der Waals surface area contributed by atoms with E-state index in [4.69, 9.17) is 9.73 Å². The van der Waals surface area contributed by atoms with Crippen LogP contribution >= 0.6 is 11.3 Å². The molecule has 0 radical (unpaired) electrons. The maximum Gasteiger partial charge on any atom is 0.336 e. The predicted octanol–water partition coefficient (Wildman–Crippen LogP) is 5.20. The molecule has 5 heteroatoms. The normalized spacial score (nSPS) is 24.2. The van der Waals surface area contributed by atoms with Crippen molar-refractivity contribution in [2.45, 2.75) is 46.5 Å². The summed E-state index contributed by atoms with van der Waals surface area (Å²) in [6, 6.07) is 8.24. The molecule has 0 spiro atoms. The highest BCUT2D eigenvalue weighted by atomic mass is 32.1. The van der Waals surface area contributed by atoms with E-state index >= 15 is 0 Å². The Morgan fingerprint density at radius 3 is 2.57 bits per heavy atom. The first kappa shape index (κ1) is 19.1. The number of esters is 1. The number of benzene rings is 1. The van der Waals surface area contributed by atoms with Crippen LogP contribution in [0.3, 0.4) is 0 Å². The first-order valence-electron chi connectivity index (χ1n) is 9.61. The van der Waals surface area contributed by atoms with Crippen LogP contribution < -0.4 is 0 Å². The number of fused-ring (bicyclic) bond motifs is 2. The lowest BCUT2D eigenvalue weighted by Crippen LogP contribution is -2.44. The highest BCUT2D eigenvalue weighted by Gasteiger charge is 2.48. The average Bonchev–Trinajstić information content (AvgIpc) is 2.95. The molecule has 4 rings (SSSR count). The van der Waals surface area contributed by atoms with E-state index < -0.39 is 0 Å². The molecule has 4 nitrogen and oxygen atoms in total. The Morgan fingerprint density at radius 2 is 1.89 bits per heavy atom. The van der Waals surface area contributed by atoms with Gasteiger partial charge >= 0.3 is 5.97 Å². The third-order valence-electron chi connectivity index (χ3n) is 5.93. The van der Waals surface area contributed by atoms with Crippen molar-refractivity contribution in [2.75, 3.05) is 7.11 Å². The number of aliphatic imine (C=N–C) groups is 1. The van der Waals surface area contributed by atoms with E-state index in [1.807, 2.05) is 19.1 Å². The lowest BCUT2D eigenvalue weighted by molar-refractivity contribution is -0.136. The Morgan fingerprint density at radius 1 is 1.18 bits per heavy atom. The number of thiophene rings is 1. The fraction of sp³-hybridized carbons (Fsp3) is 0.435. The van der Waals surface area contributed by atoms with E-state index in [0.717, 1.165) is 22.6 Å². The van der Waals surface area contributed by atoms with Gasteiger partial charge in [0.15, 0.2) is 0 Å². The van der Waals surface area contributed by atoms with Crippen LogP contribution in [-0.2, 0) is 14.3 Å². The Kier molecular flexibility index (Phi) is 4.53. The molecule has 2 atom stereocenters. The zero-order chi connectivity index (χ0) is 20.2. The Hall–Kier alpha value is -2.27. The summed E-state index contributed by atoms with van der Waals surface area (Å²) >= 11 is 1.67. The Bertz CT molecular complexity index is 1060. The van der Waals surface area contributed by atoms with Crippen LogP contribution in [0.1, 0.15) is 50.0 Å². The van der Waals surface area contributed by atoms with Crippen molar-refractivity contribution >= 4 is 38.9 Å². The minimum Gasteiger partial charge on any atom is -0.466 e. The van der Waals surface area contributed by atoms with Crippen LogP contribution in [0.2, 0.25) is 0 Å². The SMILES string of the molecule is COC(=O)C1=C(C)N=C2CC(C)(C)CC(=O)C2[C@@H]1c1sc2ccccc2c1C. The number of carbonyl (C=O) groups excluding carboxylic acids is 2. The third-order valence-corrected chi connectivity index (χ3v) is 7.29. The van der Waals surface area contributed by atoms with Gasteiger partial charge in [-0.3, -0.25) is 9.79 Å². The predicted molar refractivity (Wildman–Crippen MR) is 113 cm³/mol. The number of nitrogens with zero attached hydrogens (tertiary/aromatic N) is 1. The summed E-state index contributed by atoms with van der Waals surface area (Å²) in [5, 5.41) is 1.18. The number of ketones is 1. The van der Waals surface area contributed by atoms with Crippen LogP contribution in [0.4, 0.5) is 0 Å². The van der Waals surface area contributed by atoms with Crippen LogP contribution in [0.15, 0.2) is 40.5 Å². The maximum absolute atomic E-state index is 13.3. The molecule has 2 aromatic rings. The summed E-state index contributed by atoms with van der Waals surface area (Å²) in [5.74, 6) is -0.913. The number of aryl methyl sites for hydroxylation is 1. The van der Waals surface area contributed by atoms with Crippen molar-refractivity contribution in [1.29, 1.82) is 0 Å². The van der Waals surface area contributed by atoms with Crippen molar-refractivity contribution in [2.24, 2.45) is 16.3 Å². The second-order valence-electron chi connectivity index (χ2n) is 8.62. The van der Waals surface area contributed by atoms with Crippen molar-refractivity contribution in [1.82, 2.24) is 0 Å². The molecule has 1 aromatic carbocycles. The van der Waals surface area contributed by atoms with Crippen molar-refractivity contribution in [3.8, 4) is 0 Å². The lowest BCUT2D eigenvalue weighted by atomic mass is 9.64. The largest absolute Gasteiger partial charge is 0.466 e. The summed E-state index contributed by atoms with van der Waals surface area (Å²) in [6.07, 6.45) is 1.28. The topological polar surface area (TPSA) is 55.7 Å². The number of rotatable bonds is 2. The molecule has 1 aromatic heterocycles. The van der Waals surface area contributed by atoms with Gasteiger partial charge in [-0.1, -0.05) is 32.0 Å². The zero-order valence-corrected chi connectivity index (χ0v) is 17.8. The van der Waals surface area contributed by atoms with Gasteiger partial charge in [0, 0.05) is 33.3 Å². The first-order valence-corrected chi connectivity index (χ1v) is 10.4. The molecule has 1 fully saturated rings. The molecule has 1 unspecified atom stereocenters. The van der Waals surface area contributed by atoms with Gasteiger partial charge in [-0.15, -0.1) is 11.3 Å². The van der Waals surface area contributed by atoms with E-state index in [2.05, 4.69) is 32.9 Å². The number of ether oxygens (including phenoxy) is 1. The summed E-state index contributed by atoms with van der Waals surface area (Å²) in [5.41, 5.74) is 3.14. The molecule has 0 N–H and O–H groups in total. The van der Waals surface area contributed by atoms with E-state index in [1.54, 1.807) is 11.3 Å². The summed E-state index contributed by atoms with van der Waals surface area (Å²) < 4.78 is 6.28. The molecule has 0 saturated heterocycles. The fourth-order valence-electron chi connectivity index (χ4n) is 4.74. The Labute approximate surface area is 169 Å². The maximum atomic E-state index is 13.3. The van der Waals surface area contributed by atoms with Gasteiger partial charge in [0.1, 0.15) is 5.78 Å². The number of carbonyl (C=O) groups is 2. The first-order chi connectivity index (χ1) is 13.2. The monoisotopic (exact) mass is 395 g/mol. The van der Waals surface area contributed by atoms with E-state index in [9.17, 15) is 9.59 Å². The third kappa shape index (κ3) is 2.93. The molecule has 146 valence electrons. The second-order valence-corrected chi connectivity index (χ2v) is 9.70. The van der Waals surface area contributed by atoms with E-state index in [1.165, 1.54) is 17.2 Å². The average molecular weight is 396 g/mol. The molecule has 2 aliphatic rings. The van der Waals surface area contributed by atoms with Gasteiger partial charge in [0.05, 0.1) is 18.6 Å². The summed E-state index contributed by atoms with van der Waals surface area (Å²) in [7, 11) is 1.39. The minimum atomic E-state index is -0.389. The lowest BCUT2D eigenvalue weighted by Gasteiger charge is -2.40. The highest BCUT2D eigenvalue weighted by molar-refractivity contribution is 7.19. The van der Waals surface area contributed by atoms with Crippen molar-refractivity contribution in [3.63, 3.8) is 0 Å². The molecule has 1 aliphatic heterocycles. The number of hydrogen-bond acceptors (Lipinski definition) is 5. The highest BCUT2D eigenvalue weighted by Crippen LogP contribution is 2.50.